The largest absolute Gasteiger partial charge is 0.379 e. The minimum Gasteiger partial charge on any atom is -0.379 e. The van der Waals surface area contributed by atoms with Crippen LogP contribution in [0.15, 0.2) is 48.5 Å². The lowest BCUT2D eigenvalue weighted by Gasteiger charge is -2.20. The third-order valence-electron chi connectivity index (χ3n) is 3.48. The van der Waals surface area contributed by atoms with E-state index in [1.807, 2.05) is 18.2 Å². The molecule has 20 heavy (non-hydrogen) atoms. The van der Waals surface area contributed by atoms with Crippen LogP contribution in [-0.4, -0.2) is 0 Å². The third-order valence-corrected chi connectivity index (χ3v) is 3.72. The number of benzene rings is 2. The van der Waals surface area contributed by atoms with E-state index in [4.69, 9.17) is 11.6 Å². The summed E-state index contributed by atoms with van der Waals surface area (Å²) in [6, 6.07) is 16.9. The van der Waals surface area contributed by atoms with Crippen molar-refractivity contribution in [2.45, 2.75) is 39.2 Å². The Balaban J connectivity index is 2.10. The van der Waals surface area contributed by atoms with Crippen LogP contribution in [0.3, 0.4) is 0 Å². The standard InChI is InChI=1S/C18H22ClN/c1-13(14-6-5-7-16(19)12-14)20-17-10-8-15(9-11-17)18(2,3)4/h5-13,20H,1-4H3. The summed E-state index contributed by atoms with van der Waals surface area (Å²) in [5.74, 6) is 0. The Bertz CT molecular complexity index is 567. The maximum atomic E-state index is 6.04. The van der Waals surface area contributed by atoms with E-state index in [2.05, 4.69) is 63.3 Å². The first kappa shape index (κ1) is 14.9. The second-order valence-corrected chi connectivity index (χ2v) is 6.68. The van der Waals surface area contributed by atoms with Crippen LogP contribution < -0.4 is 5.32 Å². The number of hydrogen-bond donors (Lipinski definition) is 1. The molecule has 0 saturated carbocycles. The molecule has 2 rings (SSSR count). The second-order valence-electron chi connectivity index (χ2n) is 6.25. The Kier molecular flexibility index (Phi) is 4.39. The molecule has 106 valence electrons. The van der Waals surface area contributed by atoms with Gasteiger partial charge in [0.05, 0.1) is 0 Å². The highest BCUT2D eigenvalue weighted by Gasteiger charge is 2.13. The van der Waals surface area contributed by atoms with Crippen LogP contribution in [0.5, 0.6) is 0 Å². The van der Waals surface area contributed by atoms with Gasteiger partial charge in [-0.1, -0.05) is 56.6 Å². The van der Waals surface area contributed by atoms with Gasteiger partial charge in [-0.15, -0.1) is 0 Å². The first-order valence-corrected chi connectivity index (χ1v) is 7.36. The van der Waals surface area contributed by atoms with E-state index in [9.17, 15) is 0 Å². The summed E-state index contributed by atoms with van der Waals surface area (Å²) in [5, 5.41) is 4.28. The average molecular weight is 288 g/mol. The molecule has 0 aliphatic rings. The average Bonchev–Trinajstić information content (AvgIpc) is 2.38. The molecule has 0 aromatic heterocycles. The number of halogens is 1. The predicted octanol–water partition coefficient (Wildman–Crippen LogP) is 5.81. The predicted molar refractivity (Wildman–Crippen MR) is 88.6 cm³/mol. The minimum absolute atomic E-state index is 0.192. The molecule has 0 radical (unpaired) electrons. The van der Waals surface area contributed by atoms with E-state index >= 15 is 0 Å². The summed E-state index contributed by atoms with van der Waals surface area (Å²) < 4.78 is 0. The van der Waals surface area contributed by atoms with Crippen molar-refractivity contribution in [3.63, 3.8) is 0 Å². The summed E-state index contributed by atoms with van der Waals surface area (Å²) in [7, 11) is 0. The Hall–Kier alpha value is -1.47. The number of rotatable bonds is 3. The summed E-state index contributed by atoms with van der Waals surface area (Å²) in [5.41, 5.74) is 3.86. The van der Waals surface area contributed by atoms with Crippen molar-refractivity contribution >= 4 is 17.3 Å². The van der Waals surface area contributed by atoms with Gasteiger partial charge in [0.1, 0.15) is 0 Å². The Morgan fingerprint density at radius 2 is 1.65 bits per heavy atom. The van der Waals surface area contributed by atoms with Crippen molar-refractivity contribution in [3.8, 4) is 0 Å². The molecular formula is C18H22ClN. The van der Waals surface area contributed by atoms with Crippen LogP contribution in [0.25, 0.3) is 0 Å². The Morgan fingerprint density at radius 3 is 2.20 bits per heavy atom. The van der Waals surface area contributed by atoms with Crippen LogP contribution in [0.4, 0.5) is 5.69 Å². The topological polar surface area (TPSA) is 12.0 Å². The van der Waals surface area contributed by atoms with E-state index in [-0.39, 0.29) is 11.5 Å². The van der Waals surface area contributed by atoms with Crippen LogP contribution >= 0.6 is 11.6 Å². The smallest absolute Gasteiger partial charge is 0.0486 e. The van der Waals surface area contributed by atoms with Crippen molar-refractivity contribution in [1.82, 2.24) is 0 Å². The van der Waals surface area contributed by atoms with E-state index in [1.54, 1.807) is 0 Å². The molecule has 0 fully saturated rings. The van der Waals surface area contributed by atoms with Gasteiger partial charge < -0.3 is 5.32 Å². The van der Waals surface area contributed by atoms with Crippen molar-refractivity contribution in [3.05, 3.63) is 64.7 Å². The zero-order valence-electron chi connectivity index (χ0n) is 12.6. The van der Waals surface area contributed by atoms with Gasteiger partial charge in [-0.05, 0) is 47.7 Å². The molecule has 1 atom stereocenters. The van der Waals surface area contributed by atoms with Crippen molar-refractivity contribution in [2.24, 2.45) is 0 Å². The maximum Gasteiger partial charge on any atom is 0.0486 e. The molecule has 1 unspecified atom stereocenters. The fourth-order valence-corrected chi connectivity index (χ4v) is 2.37. The zero-order chi connectivity index (χ0) is 14.8. The van der Waals surface area contributed by atoms with Crippen molar-refractivity contribution < 1.29 is 0 Å². The van der Waals surface area contributed by atoms with Crippen LogP contribution in [-0.2, 0) is 5.41 Å². The van der Waals surface area contributed by atoms with Crippen molar-refractivity contribution in [1.29, 1.82) is 0 Å². The van der Waals surface area contributed by atoms with Gasteiger partial charge in [-0.25, -0.2) is 0 Å². The molecule has 0 aliphatic heterocycles. The van der Waals surface area contributed by atoms with Crippen LogP contribution in [0.1, 0.15) is 44.9 Å². The van der Waals surface area contributed by atoms with Gasteiger partial charge in [0, 0.05) is 16.8 Å². The van der Waals surface area contributed by atoms with E-state index in [0.29, 0.717) is 0 Å². The van der Waals surface area contributed by atoms with Crippen molar-refractivity contribution in [2.75, 3.05) is 5.32 Å². The summed E-state index contributed by atoms with van der Waals surface area (Å²) in [6.45, 7) is 8.82. The molecule has 0 heterocycles. The highest BCUT2D eigenvalue weighted by atomic mass is 35.5. The van der Waals surface area contributed by atoms with Crippen LogP contribution in [0, 0.1) is 0 Å². The first-order chi connectivity index (χ1) is 9.36. The second kappa shape index (κ2) is 5.88. The molecule has 2 aromatic carbocycles. The lowest BCUT2D eigenvalue weighted by molar-refractivity contribution is 0.590. The zero-order valence-corrected chi connectivity index (χ0v) is 13.3. The highest BCUT2D eigenvalue weighted by Crippen LogP contribution is 2.26. The Morgan fingerprint density at radius 1 is 1.00 bits per heavy atom. The molecule has 0 bridgehead atoms. The first-order valence-electron chi connectivity index (χ1n) is 6.99. The molecule has 2 heteroatoms. The molecule has 1 N–H and O–H groups in total. The number of anilines is 1. The Labute approximate surface area is 127 Å². The molecule has 0 spiro atoms. The number of nitrogens with one attached hydrogen (secondary N) is 1. The monoisotopic (exact) mass is 287 g/mol. The molecule has 1 nitrogen and oxygen atoms in total. The third kappa shape index (κ3) is 3.77. The quantitative estimate of drug-likeness (QED) is 0.751. The van der Waals surface area contributed by atoms with Gasteiger partial charge >= 0.3 is 0 Å². The highest BCUT2D eigenvalue weighted by molar-refractivity contribution is 6.30. The minimum atomic E-state index is 0.192. The molecule has 0 saturated heterocycles. The maximum absolute atomic E-state index is 6.04. The summed E-state index contributed by atoms with van der Waals surface area (Å²) in [6.07, 6.45) is 0. The normalized spacial score (nSPS) is 13.1. The fraction of sp³-hybridized carbons (Fsp3) is 0.333. The van der Waals surface area contributed by atoms with E-state index < -0.39 is 0 Å². The SMILES string of the molecule is CC(Nc1ccc(C(C)(C)C)cc1)c1cccc(Cl)c1. The molecular weight excluding hydrogens is 266 g/mol. The van der Waals surface area contributed by atoms with E-state index in [1.165, 1.54) is 11.1 Å². The summed E-state index contributed by atoms with van der Waals surface area (Å²) in [4.78, 5) is 0. The van der Waals surface area contributed by atoms with Gasteiger partial charge in [-0.3, -0.25) is 0 Å². The molecule has 0 aliphatic carbocycles. The van der Waals surface area contributed by atoms with E-state index in [0.717, 1.165) is 10.7 Å². The molecule has 0 amide bonds. The number of hydrogen-bond acceptors (Lipinski definition) is 1. The van der Waals surface area contributed by atoms with Gasteiger partial charge in [0.25, 0.3) is 0 Å². The lowest BCUT2D eigenvalue weighted by Crippen LogP contribution is -2.11. The summed E-state index contributed by atoms with van der Waals surface area (Å²) >= 11 is 6.04. The van der Waals surface area contributed by atoms with Gasteiger partial charge in [-0.2, -0.15) is 0 Å². The lowest BCUT2D eigenvalue weighted by atomic mass is 9.87. The fourth-order valence-electron chi connectivity index (χ4n) is 2.18. The van der Waals surface area contributed by atoms with Crippen LogP contribution in [0.2, 0.25) is 5.02 Å². The van der Waals surface area contributed by atoms with Gasteiger partial charge in [0.2, 0.25) is 0 Å². The van der Waals surface area contributed by atoms with Gasteiger partial charge in [0.15, 0.2) is 0 Å². The molecule has 2 aromatic rings.